The first-order valence-corrected chi connectivity index (χ1v) is 8.01. The monoisotopic (exact) mass is 323 g/mol. The van der Waals surface area contributed by atoms with Gasteiger partial charge >= 0.3 is 0 Å². The SMILES string of the molecule is Cc1cc(C)n(-c2ccc(C(=O)NCCCn3ccnc3)cc2)n1. The zero-order valence-corrected chi connectivity index (χ0v) is 13.9. The van der Waals surface area contributed by atoms with E-state index >= 15 is 0 Å². The molecule has 0 spiro atoms. The smallest absolute Gasteiger partial charge is 0.251 e. The lowest BCUT2D eigenvalue weighted by Gasteiger charge is -2.08. The molecule has 0 bridgehead atoms. The summed E-state index contributed by atoms with van der Waals surface area (Å²) in [5, 5.41) is 7.39. The highest BCUT2D eigenvalue weighted by Gasteiger charge is 2.07. The van der Waals surface area contributed by atoms with Gasteiger partial charge in [0.2, 0.25) is 0 Å². The van der Waals surface area contributed by atoms with Gasteiger partial charge in [0.05, 0.1) is 17.7 Å². The fraction of sp³-hybridized carbons (Fsp3) is 0.278. The fourth-order valence-corrected chi connectivity index (χ4v) is 2.63. The second kappa shape index (κ2) is 7.12. The van der Waals surface area contributed by atoms with Crippen molar-refractivity contribution in [1.82, 2.24) is 24.6 Å². The Balaban J connectivity index is 1.55. The van der Waals surface area contributed by atoms with Gasteiger partial charge in [-0.05, 0) is 50.6 Å². The average Bonchev–Trinajstić information content (AvgIpc) is 3.21. The molecule has 0 radical (unpaired) electrons. The van der Waals surface area contributed by atoms with E-state index in [1.165, 1.54) is 0 Å². The van der Waals surface area contributed by atoms with Crippen LogP contribution in [0.2, 0.25) is 0 Å². The Bertz CT molecular complexity index is 803. The van der Waals surface area contributed by atoms with Crippen molar-refractivity contribution < 1.29 is 4.79 Å². The Morgan fingerprint density at radius 1 is 1.21 bits per heavy atom. The van der Waals surface area contributed by atoms with Crippen molar-refractivity contribution in [1.29, 1.82) is 0 Å². The van der Waals surface area contributed by atoms with Crippen molar-refractivity contribution in [2.75, 3.05) is 6.54 Å². The number of carbonyl (C=O) groups excluding carboxylic acids is 1. The number of hydrogen-bond acceptors (Lipinski definition) is 3. The van der Waals surface area contributed by atoms with Gasteiger partial charge in [-0.1, -0.05) is 0 Å². The Morgan fingerprint density at radius 3 is 2.62 bits per heavy atom. The van der Waals surface area contributed by atoms with Crippen molar-refractivity contribution in [3.05, 3.63) is 66.0 Å². The van der Waals surface area contributed by atoms with Gasteiger partial charge in [-0.2, -0.15) is 5.10 Å². The molecular formula is C18H21N5O. The van der Waals surface area contributed by atoms with Crippen molar-refractivity contribution in [3.63, 3.8) is 0 Å². The number of hydrogen-bond donors (Lipinski definition) is 1. The van der Waals surface area contributed by atoms with Crippen LogP contribution >= 0.6 is 0 Å². The summed E-state index contributed by atoms with van der Waals surface area (Å²) in [5.74, 6) is -0.0550. The summed E-state index contributed by atoms with van der Waals surface area (Å²) in [6.07, 6.45) is 6.31. The Hall–Kier alpha value is -2.89. The molecule has 0 atom stereocenters. The van der Waals surface area contributed by atoms with E-state index in [9.17, 15) is 4.79 Å². The molecular weight excluding hydrogens is 302 g/mol. The van der Waals surface area contributed by atoms with E-state index in [1.54, 1.807) is 12.5 Å². The summed E-state index contributed by atoms with van der Waals surface area (Å²) >= 11 is 0. The number of nitrogens with one attached hydrogen (secondary N) is 1. The molecule has 6 nitrogen and oxygen atoms in total. The molecule has 0 fully saturated rings. The number of amides is 1. The van der Waals surface area contributed by atoms with Crippen LogP contribution in [0.5, 0.6) is 0 Å². The lowest BCUT2D eigenvalue weighted by atomic mass is 10.2. The summed E-state index contributed by atoms with van der Waals surface area (Å²) < 4.78 is 3.87. The highest BCUT2D eigenvalue weighted by molar-refractivity contribution is 5.94. The van der Waals surface area contributed by atoms with Gasteiger partial charge in [-0.3, -0.25) is 4.79 Å². The van der Waals surface area contributed by atoms with Gasteiger partial charge in [-0.15, -0.1) is 0 Å². The molecule has 3 aromatic rings. The average molecular weight is 323 g/mol. The normalized spacial score (nSPS) is 10.8. The summed E-state index contributed by atoms with van der Waals surface area (Å²) in [4.78, 5) is 16.2. The topological polar surface area (TPSA) is 64.7 Å². The number of nitrogens with zero attached hydrogens (tertiary/aromatic N) is 4. The van der Waals surface area contributed by atoms with Gasteiger partial charge in [-0.25, -0.2) is 9.67 Å². The van der Waals surface area contributed by atoms with E-state index in [1.807, 2.05) is 59.6 Å². The van der Waals surface area contributed by atoms with Crippen molar-refractivity contribution in [3.8, 4) is 5.69 Å². The number of carbonyl (C=O) groups is 1. The molecule has 24 heavy (non-hydrogen) atoms. The lowest BCUT2D eigenvalue weighted by Crippen LogP contribution is -2.25. The number of aryl methyl sites for hydroxylation is 3. The van der Waals surface area contributed by atoms with Crippen LogP contribution in [-0.4, -0.2) is 31.8 Å². The summed E-state index contributed by atoms with van der Waals surface area (Å²) in [6, 6.07) is 9.52. The van der Waals surface area contributed by atoms with Crippen LogP contribution in [0.4, 0.5) is 0 Å². The van der Waals surface area contributed by atoms with E-state index in [2.05, 4.69) is 15.4 Å². The molecule has 6 heteroatoms. The fourth-order valence-electron chi connectivity index (χ4n) is 2.63. The Kier molecular flexibility index (Phi) is 4.74. The number of benzene rings is 1. The maximum absolute atomic E-state index is 12.2. The molecule has 1 amide bonds. The molecule has 124 valence electrons. The van der Waals surface area contributed by atoms with E-state index in [4.69, 9.17) is 0 Å². The summed E-state index contributed by atoms with van der Waals surface area (Å²) in [5.41, 5.74) is 3.66. The first kappa shape index (κ1) is 16.0. The van der Waals surface area contributed by atoms with Crippen LogP contribution in [0.15, 0.2) is 49.1 Å². The third kappa shape index (κ3) is 3.71. The van der Waals surface area contributed by atoms with Crippen LogP contribution in [0.25, 0.3) is 5.69 Å². The summed E-state index contributed by atoms with van der Waals surface area (Å²) in [7, 11) is 0. The molecule has 2 aromatic heterocycles. The second-order valence-corrected chi connectivity index (χ2v) is 5.80. The molecule has 0 aliphatic heterocycles. The van der Waals surface area contributed by atoms with Gasteiger partial charge in [0.25, 0.3) is 5.91 Å². The van der Waals surface area contributed by atoms with Crippen LogP contribution in [0.1, 0.15) is 28.2 Å². The maximum Gasteiger partial charge on any atom is 0.251 e. The Labute approximate surface area is 141 Å². The minimum absolute atomic E-state index is 0.0550. The van der Waals surface area contributed by atoms with E-state index in [-0.39, 0.29) is 5.91 Å². The van der Waals surface area contributed by atoms with E-state index < -0.39 is 0 Å². The highest BCUT2D eigenvalue weighted by Crippen LogP contribution is 2.13. The van der Waals surface area contributed by atoms with Crippen molar-refractivity contribution >= 4 is 5.91 Å². The quantitative estimate of drug-likeness (QED) is 0.709. The van der Waals surface area contributed by atoms with Gasteiger partial charge in [0.15, 0.2) is 0 Å². The molecule has 2 heterocycles. The standard InChI is InChI=1S/C18H21N5O/c1-14-12-15(2)23(21-14)17-6-4-16(5-7-17)18(24)20-8-3-10-22-11-9-19-13-22/h4-7,9,11-13H,3,8,10H2,1-2H3,(H,20,24). The van der Waals surface area contributed by atoms with Crippen LogP contribution in [-0.2, 0) is 6.54 Å². The van der Waals surface area contributed by atoms with E-state index in [0.717, 1.165) is 30.0 Å². The molecule has 0 saturated heterocycles. The maximum atomic E-state index is 12.2. The molecule has 0 aliphatic carbocycles. The number of aromatic nitrogens is 4. The van der Waals surface area contributed by atoms with Gasteiger partial charge in [0, 0.05) is 36.7 Å². The third-order valence-corrected chi connectivity index (χ3v) is 3.82. The van der Waals surface area contributed by atoms with Gasteiger partial charge in [0.1, 0.15) is 0 Å². The largest absolute Gasteiger partial charge is 0.352 e. The summed E-state index contributed by atoms with van der Waals surface area (Å²) in [6.45, 7) is 5.46. The molecule has 0 aliphatic rings. The molecule has 3 rings (SSSR count). The predicted octanol–water partition coefficient (Wildman–Crippen LogP) is 2.51. The van der Waals surface area contributed by atoms with Crippen molar-refractivity contribution in [2.45, 2.75) is 26.8 Å². The number of rotatable bonds is 6. The van der Waals surface area contributed by atoms with Crippen LogP contribution in [0.3, 0.4) is 0 Å². The van der Waals surface area contributed by atoms with Crippen LogP contribution in [0, 0.1) is 13.8 Å². The first-order valence-electron chi connectivity index (χ1n) is 8.01. The highest BCUT2D eigenvalue weighted by atomic mass is 16.1. The minimum atomic E-state index is -0.0550. The molecule has 0 unspecified atom stereocenters. The minimum Gasteiger partial charge on any atom is -0.352 e. The zero-order chi connectivity index (χ0) is 16.9. The third-order valence-electron chi connectivity index (χ3n) is 3.82. The number of imidazole rings is 1. The Morgan fingerprint density at radius 2 is 2.00 bits per heavy atom. The van der Waals surface area contributed by atoms with Gasteiger partial charge < -0.3 is 9.88 Å². The van der Waals surface area contributed by atoms with Crippen molar-refractivity contribution in [2.24, 2.45) is 0 Å². The molecule has 0 saturated carbocycles. The lowest BCUT2D eigenvalue weighted by molar-refractivity contribution is 0.0952. The molecule has 1 N–H and O–H groups in total. The van der Waals surface area contributed by atoms with E-state index in [0.29, 0.717) is 12.1 Å². The predicted molar refractivity (Wildman–Crippen MR) is 92.2 cm³/mol. The molecule has 1 aromatic carbocycles. The second-order valence-electron chi connectivity index (χ2n) is 5.80. The first-order chi connectivity index (χ1) is 11.6. The van der Waals surface area contributed by atoms with Crippen LogP contribution < -0.4 is 5.32 Å². The zero-order valence-electron chi connectivity index (χ0n) is 13.9.